The second-order valence-electron chi connectivity index (χ2n) is 1.51. The summed E-state index contributed by atoms with van der Waals surface area (Å²) in [4.78, 5) is 9.81. The number of halogens is 3. The van der Waals surface area contributed by atoms with E-state index in [1.807, 2.05) is 0 Å². The van der Waals surface area contributed by atoms with Crippen LogP contribution in [0.3, 0.4) is 0 Å². The molecule has 10 heavy (non-hydrogen) atoms. The Kier molecular flexibility index (Phi) is 6.59. The molecule has 62 valence electrons. The van der Waals surface area contributed by atoms with E-state index >= 15 is 0 Å². The van der Waals surface area contributed by atoms with E-state index in [0.29, 0.717) is 0 Å². The van der Waals surface area contributed by atoms with Crippen molar-refractivity contribution in [2.75, 3.05) is 6.54 Å². The minimum Gasteiger partial charge on any atom is -0.481 e. The molecule has 3 N–H and O–H groups in total. The lowest BCUT2D eigenvalue weighted by Crippen LogP contribution is -2.29. The minimum atomic E-state index is -2.87. The summed E-state index contributed by atoms with van der Waals surface area (Å²) < 4.78 is 23.0. The normalized spacial score (nSPS) is 12.4. The molecule has 1 atom stereocenters. The minimum absolute atomic E-state index is 0. The van der Waals surface area contributed by atoms with Gasteiger partial charge in [0.05, 0.1) is 0 Å². The molecule has 0 spiro atoms. The Morgan fingerprint density at radius 1 is 1.60 bits per heavy atom. The fourth-order valence-electron chi connectivity index (χ4n) is 0.311. The van der Waals surface area contributed by atoms with Crippen LogP contribution in [-0.2, 0) is 4.79 Å². The first-order chi connectivity index (χ1) is 4.09. The van der Waals surface area contributed by atoms with E-state index in [0.717, 1.165) is 0 Å². The van der Waals surface area contributed by atoms with E-state index in [2.05, 4.69) is 0 Å². The lowest BCUT2D eigenvalue weighted by molar-refractivity contribution is -0.146. The molecule has 0 aromatic carbocycles. The largest absolute Gasteiger partial charge is 0.481 e. The van der Waals surface area contributed by atoms with Crippen LogP contribution in [0.25, 0.3) is 0 Å². The summed E-state index contributed by atoms with van der Waals surface area (Å²) in [7, 11) is 0. The topological polar surface area (TPSA) is 63.3 Å². The van der Waals surface area contributed by atoms with Gasteiger partial charge in [-0.05, 0) is 0 Å². The van der Waals surface area contributed by atoms with Crippen molar-refractivity contribution in [3.05, 3.63) is 0 Å². The zero-order valence-corrected chi connectivity index (χ0v) is 5.78. The summed E-state index contributed by atoms with van der Waals surface area (Å²) in [5.41, 5.74) is 4.71. The van der Waals surface area contributed by atoms with Gasteiger partial charge in [0.15, 0.2) is 0 Å². The predicted molar refractivity (Wildman–Crippen MR) is 33.4 cm³/mol. The lowest BCUT2D eigenvalue weighted by atomic mass is 10.2. The van der Waals surface area contributed by atoms with Gasteiger partial charge < -0.3 is 10.8 Å². The van der Waals surface area contributed by atoms with Crippen molar-refractivity contribution in [1.82, 2.24) is 0 Å². The molecule has 0 fully saturated rings. The molecule has 0 aliphatic rings. The standard InChI is InChI=1S/C4H7F2NO2.ClH/c5-3(6)2(1-7)4(8)9;/h2-3H,1,7H2,(H,8,9);1H/t2-;/m0./s1. The van der Waals surface area contributed by atoms with E-state index in [9.17, 15) is 13.6 Å². The first kappa shape index (κ1) is 12.3. The molecule has 3 nitrogen and oxygen atoms in total. The third kappa shape index (κ3) is 3.58. The van der Waals surface area contributed by atoms with Gasteiger partial charge in [-0.3, -0.25) is 4.79 Å². The molecular weight excluding hydrogens is 167 g/mol. The molecule has 0 aliphatic heterocycles. The van der Waals surface area contributed by atoms with E-state index in [1.165, 1.54) is 0 Å². The third-order valence-electron chi connectivity index (χ3n) is 0.875. The van der Waals surface area contributed by atoms with Crippen molar-refractivity contribution in [3.8, 4) is 0 Å². The number of aliphatic carboxylic acids is 1. The monoisotopic (exact) mass is 175 g/mol. The molecule has 0 aromatic rings. The van der Waals surface area contributed by atoms with Gasteiger partial charge in [0.25, 0.3) is 6.43 Å². The molecular formula is C4H8ClF2NO2. The quantitative estimate of drug-likeness (QED) is 0.650. The summed E-state index contributed by atoms with van der Waals surface area (Å²) in [5, 5.41) is 7.98. The van der Waals surface area contributed by atoms with E-state index in [-0.39, 0.29) is 12.4 Å². The Hall–Kier alpha value is -0.420. The summed E-state index contributed by atoms with van der Waals surface area (Å²) in [6, 6.07) is 0. The molecule has 0 saturated carbocycles. The van der Waals surface area contributed by atoms with Crippen LogP contribution >= 0.6 is 12.4 Å². The number of carboxylic acid groups (broad SMARTS) is 1. The molecule has 0 unspecified atom stereocenters. The number of hydrogen-bond donors (Lipinski definition) is 2. The zero-order valence-electron chi connectivity index (χ0n) is 4.96. The summed E-state index contributed by atoms with van der Waals surface area (Å²) in [6.45, 7) is -0.521. The van der Waals surface area contributed by atoms with Gasteiger partial charge in [0.2, 0.25) is 0 Å². The van der Waals surface area contributed by atoms with E-state index < -0.39 is 24.9 Å². The molecule has 0 aliphatic carbocycles. The van der Waals surface area contributed by atoms with E-state index in [4.69, 9.17) is 10.8 Å². The Labute approximate surface area is 62.6 Å². The van der Waals surface area contributed by atoms with Gasteiger partial charge >= 0.3 is 5.97 Å². The van der Waals surface area contributed by atoms with Crippen LogP contribution in [0.15, 0.2) is 0 Å². The molecule has 0 bridgehead atoms. The maximum atomic E-state index is 11.5. The van der Waals surface area contributed by atoms with E-state index in [1.54, 1.807) is 0 Å². The highest BCUT2D eigenvalue weighted by atomic mass is 35.5. The van der Waals surface area contributed by atoms with Crippen LogP contribution in [-0.4, -0.2) is 24.0 Å². The molecule has 0 rings (SSSR count). The number of nitrogens with two attached hydrogens (primary N) is 1. The maximum Gasteiger partial charge on any atom is 0.313 e. The van der Waals surface area contributed by atoms with Crippen LogP contribution in [0.5, 0.6) is 0 Å². The number of rotatable bonds is 3. The summed E-state index contributed by atoms with van der Waals surface area (Å²) in [5.74, 6) is -3.27. The van der Waals surface area contributed by atoms with Crippen molar-refractivity contribution >= 4 is 18.4 Å². The second kappa shape index (κ2) is 5.37. The molecule has 0 saturated heterocycles. The fourth-order valence-corrected chi connectivity index (χ4v) is 0.311. The van der Waals surface area contributed by atoms with Gasteiger partial charge in [-0.1, -0.05) is 0 Å². The SMILES string of the molecule is Cl.NC[C@H](C(=O)O)C(F)F. The van der Waals surface area contributed by atoms with Crippen molar-refractivity contribution in [1.29, 1.82) is 0 Å². The van der Waals surface area contributed by atoms with Crippen molar-refractivity contribution in [2.24, 2.45) is 11.7 Å². The first-order valence-corrected chi connectivity index (χ1v) is 2.30. The Bertz CT molecular complexity index is 111. The third-order valence-corrected chi connectivity index (χ3v) is 0.875. The van der Waals surface area contributed by atoms with Crippen LogP contribution in [0, 0.1) is 5.92 Å². The van der Waals surface area contributed by atoms with Crippen molar-refractivity contribution < 1.29 is 18.7 Å². The number of alkyl halides is 2. The highest BCUT2D eigenvalue weighted by molar-refractivity contribution is 5.85. The van der Waals surface area contributed by atoms with Crippen molar-refractivity contribution in [2.45, 2.75) is 6.43 Å². The molecule has 0 heterocycles. The van der Waals surface area contributed by atoms with Crippen LogP contribution in [0.4, 0.5) is 8.78 Å². The highest BCUT2D eigenvalue weighted by Gasteiger charge is 2.25. The van der Waals surface area contributed by atoms with Crippen LogP contribution in [0.2, 0.25) is 0 Å². The Morgan fingerprint density at radius 2 is 2.00 bits per heavy atom. The second-order valence-corrected chi connectivity index (χ2v) is 1.51. The molecule has 0 amide bonds. The van der Waals surface area contributed by atoms with Crippen molar-refractivity contribution in [3.63, 3.8) is 0 Å². The number of carboxylic acids is 1. The molecule has 0 aromatic heterocycles. The fraction of sp³-hybridized carbons (Fsp3) is 0.750. The smallest absolute Gasteiger partial charge is 0.313 e. The summed E-state index contributed by atoms with van der Waals surface area (Å²) in [6.07, 6.45) is -2.87. The van der Waals surface area contributed by atoms with Crippen LogP contribution in [0.1, 0.15) is 0 Å². The Morgan fingerprint density at radius 3 is 2.00 bits per heavy atom. The van der Waals surface area contributed by atoms with Gasteiger partial charge in [-0.2, -0.15) is 0 Å². The van der Waals surface area contributed by atoms with Gasteiger partial charge in [0.1, 0.15) is 5.92 Å². The maximum absolute atomic E-state index is 11.5. The highest BCUT2D eigenvalue weighted by Crippen LogP contribution is 2.07. The first-order valence-electron chi connectivity index (χ1n) is 2.30. The predicted octanol–water partition coefficient (Wildman–Crippen LogP) is 0.333. The molecule has 6 heteroatoms. The average molecular weight is 176 g/mol. The zero-order chi connectivity index (χ0) is 7.44. The molecule has 0 radical (unpaired) electrons. The number of hydrogen-bond acceptors (Lipinski definition) is 2. The van der Waals surface area contributed by atoms with Crippen LogP contribution < -0.4 is 5.73 Å². The average Bonchev–Trinajstić information content (AvgIpc) is 1.64. The van der Waals surface area contributed by atoms with Gasteiger partial charge in [-0.15, -0.1) is 12.4 Å². The summed E-state index contributed by atoms with van der Waals surface area (Å²) >= 11 is 0. The lowest BCUT2D eigenvalue weighted by Gasteiger charge is -2.05. The number of carbonyl (C=O) groups is 1. The van der Waals surface area contributed by atoms with Gasteiger partial charge in [0, 0.05) is 6.54 Å². The Balaban J connectivity index is 0. The van der Waals surface area contributed by atoms with Gasteiger partial charge in [-0.25, -0.2) is 8.78 Å².